The Morgan fingerprint density at radius 2 is 2.10 bits per heavy atom. The van der Waals surface area contributed by atoms with E-state index in [1.54, 1.807) is 18.2 Å². The number of nitrogens with two attached hydrogens (primary N) is 1. The van der Waals surface area contributed by atoms with E-state index in [-0.39, 0.29) is 5.91 Å². The van der Waals surface area contributed by atoms with Crippen molar-refractivity contribution < 1.29 is 4.79 Å². The van der Waals surface area contributed by atoms with Crippen LogP contribution >= 0.6 is 11.6 Å². The van der Waals surface area contributed by atoms with Gasteiger partial charge in [-0.2, -0.15) is 0 Å². The Labute approximate surface area is 124 Å². The molecule has 2 aliphatic rings. The Hall–Kier alpha value is -1.26. The van der Waals surface area contributed by atoms with Gasteiger partial charge >= 0.3 is 0 Å². The lowest BCUT2D eigenvalue weighted by Crippen LogP contribution is -2.36. The second-order valence-corrected chi connectivity index (χ2v) is 6.30. The fourth-order valence-corrected chi connectivity index (χ4v) is 2.66. The molecule has 0 spiro atoms. The van der Waals surface area contributed by atoms with Crippen LogP contribution in [-0.2, 0) is 4.79 Å². The van der Waals surface area contributed by atoms with Crippen LogP contribution in [0.2, 0.25) is 5.02 Å². The maximum absolute atomic E-state index is 12.2. The first-order chi connectivity index (χ1) is 9.61. The van der Waals surface area contributed by atoms with Gasteiger partial charge in [-0.25, -0.2) is 0 Å². The van der Waals surface area contributed by atoms with Gasteiger partial charge in [-0.05, 0) is 49.8 Å². The molecule has 5 heteroatoms. The van der Waals surface area contributed by atoms with Gasteiger partial charge in [-0.1, -0.05) is 11.6 Å². The number of anilines is 2. The van der Waals surface area contributed by atoms with Crippen molar-refractivity contribution in [3.63, 3.8) is 0 Å². The Balaban J connectivity index is 1.57. The second-order valence-electron chi connectivity index (χ2n) is 5.89. The van der Waals surface area contributed by atoms with Gasteiger partial charge < -0.3 is 11.1 Å². The Bertz CT molecular complexity index is 512. The van der Waals surface area contributed by atoms with E-state index < -0.39 is 0 Å². The fraction of sp³-hybridized carbons (Fsp3) is 0.533. The highest BCUT2D eigenvalue weighted by molar-refractivity contribution is 6.34. The second kappa shape index (κ2) is 5.62. The van der Waals surface area contributed by atoms with Crippen LogP contribution in [0.15, 0.2) is 18.2 Å². The van der Waals surface area contributed by atoms with E-state index in [0.29, 0.717) is 29.0 Å². The molecule has 0 radical (unpaired) electrons. The average molecular weight is 294 g/mol. The number of hydrogen-bond donors (Lipinski definition) is 2. The van der Waals surface area contributed by atoms with Crippen LogP contribution in [-0.4, -0.2) is 29.9 Å². The van der Waals surface area contributed by atoms with Crippen LogP contribution in [0.3, 0.4) is 0 Å². The zero-order valence-corrected chi connectivity index (χ0v) is 12.2. The third-order valence-corrected chi connectivity index (χ3v) is 4.18. The van der Waals surface area contributed by atoms with Crippen LogP contribution in [0.4, 0.5) is 11.4 Å². The number of nitrogens with one attached hydrogen (secondary N) is 1. The molecule has 1 amide bonds. The van der Waals surface area contributed by atoms with Gasteiger partial charge in [0.2, 0.25) is 5.91 Å². The van der Waals surface area contributed by atoms with Crippen molar-refractivity contribution in [1.29, 1.82) is 0 Å². The van der Waals surface area contributed by atoms with Gasteiger partial charge in [-0.15, -0.1) is 0 Å². The molecule has 0 bridgehead atoms. The molecule has 4 nitrogen and oxygen atoms in total. The van der Waals surface area contributed by atoms with Crippen LogP contribution in [0.25, 0.3) is 0 Å². The SMILES string of the molecule is Nc1ccc(NC(=O)CN(CC2CC2)C2CC2)c(Cl)c1. The van der Waals surface area contributed by atoms with Gasteiger partial charge in [-0.3, -0.25) is 9.69 Å². The number of halogens is 1. The topological polar surface area (TPSA) is 58.4 Å². The van der Waals surface area contributed by atoms with Crippen molar-refractivity contribution in [3.05, 3.63) is 23.2 Å². The molecule has 0 atom stereocenters. The molecule has 1 aromatic carbocycles. The first kappa shape index (κ1) is 13.7. The van der Waals surface area contributed by atoms with Gasteiger partial charge in [0, 0.05) is 18.3 Å². The third kappa shape index (κ3) is 3.64. The minimum Gasteiger partial charge on any atom is -0.399 e. The normalized spacial score (nSPS) is 18.3. The van der Waals surface area contributed by atoms with Crippen molar-refractivity contribution in [2.45, 2.75) is 31.7 Å². The summed E-state index contributed by atoms with van der Waals surface area (Å²) >= 11 is 6.07. The lowest BCUT2D eigenvalue weighted by atomic mass is 10.2. The van der Waals surface area contributed by atoms with Gasteiger partial charge in [0.1, 0.15) is 0 Å². The van der Waals surface area contributed by atoms with E-state index in [1.807, 2.05) is 0 Å². The number of benzene rings is 1. The zero-order valence-electron chi connectivity index (χ0n) is 11.4. The summed E-state index contributed by atoms with van der Waals surface area (Å²) in [5.74, 6) is 0.813. The molecule has 0 saturated heterocycles. The number of nitrogen functional groups attached to an aromatic ring is 1. The van der Waals surface area contributed by atoms with Crippen LogP contribution in [0.1, 0.15) is 25.7 Å². The summed E-state index contributed by atoms with van der Waals surface area (Å²) in [6, 6.07) is 5.76. The molecular weight excluding hydrogens is 274 g/mol. The highest BCUT2D eigenvalue weighted by atomic mass is 35.5. The van der Waals surface area contributed by atoms with E-state index >= 15 is 0 Å². The van der Waals surface area contributed by atoms with E-state index in [4.69, 9.17) is 17.3 Å². The van der Waals surface area contributed by atoms with E-state index in [2.05, 4.69) is 10.2 Å². The summed E-state index contributed by atoms with van der Waals surface area (Å²) in [5, 5.41) is 3.36. The highest BCUT2D eigenvalue weighted by Gasteiger charge is 2.34. The largest absolute Gasteiger partial charge is 0.399 e. The molecule has 0 heterocycles. The molecule has 0 aromatic heterocycles. The summed E-state index contributed by atoms with van der Waals surface area (Å²) in [6.45, 7) is 1.52. The maximum atomic E-state index is 12.2. The van der Waals surface area contributed by atoms with E-state index in [1.165, 1.54) is 25.7 Å². The van der Waals surface area contributed by atoms with Crippen LogP contribution < -0.4 is 11.1 Å². The molecular formula is C15H20ClN3O. The smallest absolute Gasteiger partial charge is 0.238 e. The van der Waals surface area contributed by atoms with Crippen molar-refractivity contribution in [3.8, 4) is 0 Å². The van der Waals surface area contributed by atoms with Crippen molar-refractivity contribution in [2.75, 3.05) is 24.1 Å². The third-order valence-electron chi connectivity index (χ3n) is 3.87. The molecule has 108 valence electrons. The molecule has 2 fully saturated rings. The minimum atomic E-state index is 0.00391. The predicted octanol–water partition coefficient (Wildman–Crippen LogP) is 2.74. The number of rotatable bonds is 6. The van der Waals surface area contributed by atoms with Gasteiger partial charge in [0.25, 0.3) is 0 Å². The molecule has 0 unspecified atom stereocenters. The lowest BCUT2D eigenvalue weighted by molar-refractivity contribution is -0.117. The average Bonchev–Trinajstić information content (AvgIpc) is 3.25. The summed E-state index contributed by atoms with van der Waals surface area (Å²) in [4.78, 5) is 14.5. The van der Waals surface area contributed by atoms with Crippen molar-refractivity contribution >= 4 is 28.9 Å². The number of hydrogen-bond acceptors (Lipinski definition) is 3. The molecule has 2 aliphatic carbocycles. The summed E-state index contributed by atoms with van der Waals surface area (Å²) < 4.78 is 0. The van der Waals surface area contributed by atoms with E-state index in [0.717, 1.165) is 12.5 Å². The number of carbonyl (C=O) groups excluding carboxylic acids is 1. The summed E-state index contributed by atoms with van der Waals surface area (Å²) in [6.07, 6.45) is 5.08. The van der Waals surface area contributed by atoms with Gasteiger partial charge in [0.05, 0.1) is 17.3 Å². The Morgan fingerprint density at radius 3 is 2.70 bits per heavy atom. The number of nitrogens with zero attached hydrogens (tertiary/aromatic N) is 1. The number of amides is 1. The van der Waals surface area contributed by atoms with Crippen LogP contribution in [0.5, 0.6) is 0 Å². The quantitative estimate of drug-likeness (QED) is 0.793. The monoisotopic (exact) mass is 293 g/mol. The predicted molar refractivity (Wildman–Crippen MR) is 81.8 cm³/mol. The first-order valence-electron chi connectivity index (χ1n) is 7.21. The molecule has 20 heavy (non-hydrogen) atoms. The summed E-state index contributed by atoms with van der Waals surface area (Å²) in [7, 11) is 0. The standard InChI is InChI=1S/C15H20ClN3O/c16-13-7-11(17)3-6-14(13)18-15(20)9-19(12-4-5-12)8-10-1-2-10/h3,6-7,10,12H,1-2,4-5,8-9,17H2,(H,18,20). The van der Waals surface area contributed by atoms with Crippen molar-refractivity contribution in [1.82, 2.24) is 4.90 Å². The summed E-state index contributed by atoms with van der Waals surface area (Å²) in [5.41, 5.74) is 6.87. The maximum Gasteiger partial charge on any atom is 0.238 e. The zero-order chi connectivity index (χ0) is 14.1. The van der Waals surface area contributed by atoms with E-state index in [9.17, 15) is 4.79 Å². The highest BCUT2D eigenvalue weighted by Crippen LogP contribution is 2.34. The first-order valence-corrected chi connectivity index (χ1v) is 7.58. The molecule has 0 aliphatic heterocycles. The Morgan fingerprint density at radius 1 is 1.35 bits per heavy atom. The molecule has 3 rings (SSSR count). The lowest BCUT2D eigenvalue weighted by Gasteiger charge is -2.21. The Kier molecular flexibility index (Phi) is 3.85. The van der Waals surface area contributed by atoms with Gasteiger partial charge in [0.15, 0.2) is 0 Å². The fourth-order valence-electron chi connectivity index (χ4n) is 2.42. The van der Waals surface area contributed by atoms with Crippen LogP contribution in [0, 0.1) is 5.92 Å². The molecule has 1 aromatic rings. The molecule has 3 N–H and O–H groups in total. The van der Waals surface area contributed by atoms with Crippen molar-refractivity contribution in [2.24, 2.45) is 5.92 Å². The molecule has 2 saturated carbocycles. The minimum absolute atomic E-state index is 0.00391. The number of carbonyl (C=O) groups is 1.